The van der Waals surface area contributed by atoms with Crippen molar-refractivity contribution < 1.29 is 39.8 Å². The number of aromatic hydroxyl groups is 4. The lowest BCUT2D eigenvalue weighted by Crippen LogP contribution is -2.51. The molecule has 0 spiro atoms. The molecule has 2 unspecified atom stereocenters. The van der Waals surface area contributed by atoms with Gasteiger partial charge in [-0.1, -0.05) is 6.07 Å². The zero-order valence-corrected chi connectivity index (χ0v) is 12.4. The number of aliphatic hydroxyl groups is 1. The van der Waals surface area contributed by atoms with E-state index in [9.17, 15) is 30.3 Å². The Morgan fingerprint density at radius 2 is 1.75 bits per heavy atom. The van der Waals surface area contributed by atoms with Crippen LogP contribution >= 0.6 is 0 Å². The third-order valence-electron chi connectivity index (χ3n) is 3.83. The molecule has 8 heteroatoms. The van der Waals surface area contributed by atoms with E-state index in [1.54, 1.807) is 0 Å². The predicted octanol–water partition coefficient (Wildman–Crippen LogP) is 1.16. The van der Waals surface area contributed by atoms with Gasteiger partial charge in [-0.2, -0.15) is 0 Å². The number of ether oxygens (including phenoxy) is 2. The maximum Gasteiger partial charge on any atom is 0.274 e. The maximum absolute atomic E-state index is 12.6. The molecule has 0 saturated heterocycles. The standard InChI is InChI=1S/C16H14O8/c1-23-16(22)14(21)13-11(20)5-8(17)6-12(13)24-15(16)7-2-3-9(18)10(19)4-7/h2-6,15,17-20,22H,1H3. The van der Waals surface area contributed by atoms with E-state index in [1.807, 2.05) is 0 Å². The Morgan fingerprint density at radius 3 is 2.38 bits per heavy atom. The number of phenolic OH excluding ortho intramolecular Hbond substituents is 4. The summed E-state index contributed by atoms with van der Waals surface area (Å²) in [5, 5.41) is 49.1. The molecule has 0 aromatic heterocycles. The van der Waals surface area contributed by atoms with E-state index in [0.29, 0.717) is 0 Å². The van der Waals surface area contributed by atoms with Gasteiger partial charge in [0.25, 0.3) is 5.79 Å². The molecule has 5 N–H and O–H groups in total. The molecule has 0 amide bonds. The molecule has 0 bridgehead atoms. The fourth-order valence-electron chi connectivity index (χ4n) is 2.61. The molecule has 1 heterocycles. The molecule has 1 aliphatic heterocycles. The van der Waals surface area contributed by atoms with E-state index < -0.39 is 34.9 Å². The highest BCUT2D eigenvalue weighted by Crippen LogP contribution is 2.47. The average Bonchev–Trinajstić information content (AvgIpc) is 2.53. The number of benzene rings is 2. The predicted molar refractivity (Wildman–Crippen MR) is 79.2 cm³/mol. The smallest absolute Gasteiger partial charge is 0.274 e. The summed E-state index contributed by atoms with van der Waals surface area (Å²) in [5.74, 6) is -5.39. The minimum absolute atomic E-state index is 0.136. The van der Waals surface area contributed by atoms with Crippen LogP contribution in [0.15, 0.2) is 30.3 Å². The van der Waals surface area contributed by atoms with Crippen molar-refractivity contribution >= 4 is 5.78 Å². The Labute approximate surface area is 135 Å². The number of fused-ring (bicyclic) bond motifs is 1. The van der Waals surface area contributed by atoms with Gasteiger partial charge in [0.1, 0.15) is 22.8 Å². The number of phenols is 4. The molecular weight excluding hydrogens is 320 g/mol. The number of Topliss-reactive ketones (excluding diaryl/α,β-unsaturated/α-hetero) is 1. The molecular formula is C16H14O8. The van der Waals surface area contributed by atoms with Gasteiger partial charge >= 0.3 is 0 Å². The van der Waals surface area contributed by atoms with Gasteiger partial charge in [0.15, 0.2) is 17.6 Å². The first-order chi connectivity index (χ1) is 11.3. The summed E-state index contributed by atoms with van der Waals surface area (Å²) in [6.07, 6.45) is -1.41. The van der Waals surface area contributed by atoms with Gasteiger partial charge in [0.05, 0.1) is 0 Å². The van der Waals surface area contributed by atoms with Crippen molar-refractivity contribution in [2.24, 2.45) is 0 Å². The molecule has 0 radical (unpaired) electrons. The molecule has 1 aliphatic rings. The van der Waals surface area contributed by atoms with Crippen LogP contribution in [0.3, 0.4) is 0 Å². The summed E-state index contributed by atoms with van der Waals surface area (Å²) < 4.78 is 10.5. The van der Waals surface area contributed by atoms with Crippen molar-refractivity contribution in [3.8, 4) is 28.7 Å². The fourth-order valence-corrected chi connectivity index (χ4v) is 2.61. The van der Waals surface area contributed by atoms with E-state index in [4.69, 9.17) is 9.47 Å². The number of ketones is 1. The summed E-state index contributed by atoms with van der Waals surface area (Å²) in [6, 6.07) is 5.62. The molecule has 24 heavy (non-hydrogen) atoms. The number of hydrogen-bond acceptors (Lipinski definition) is 8. The monoisotopic (exact) mass is 334 g/mol. The molecule has 3 rings (SSSR count). The SMILES string of the molecule is COC1(O)C(=O)c2c(O)cc(O)cc2OC1c1ccc(O)c(O)c1. The van der Waals surface area contributed by atoms with Crippen molar-refractivity contribution in [1.29, 1.82) is 0 Å². The van der Waals surface area contributed by atoms with E-state index in [2.05, 4.69) is 0 Å². The first kappa shape index (κ1) is 15.9. The third-order valence-corrected chi connectivity index (χ3v) is 3.83. The zero-order chi connectivity index (χ0) is 17.6. The summed E-state index contributed by atoms with van der Waals surface area (Å²) in [5.41, 5.74) is -0.201. The van der Waals surface area contributed by atoms with Crippen molar-refractivity contribution in [1.82, 2.24) is 0 Å². The van der Waals surface area contributed by atoms with Gasteiger partial charge < -0.3 is 35.0 Å². The van der Waals surface area contributed by atoms with E-state index in [0.717, 1.165) is 31.4 Å². The lowest BCUT2D eigenvalue weighted by Gasteiger charge is -2.38. The van der Waals surface area contributed by atoms with Crippen LogP contribution in [0.1, 0.15) is 22.0 Å². The number of methoxy groups -OCH3 is 1. The quantitative estimate of drug-likeness (QED) is 0.408. The van der Waals surface area contributed by atoms with E-state index >= 15 is 0 Å². The minimum atomic E-state index is -2.48. The van der Waals surface area contributed by atoms with Gasteiger partial charge in [-0.05, 0) is 12.1 Å². The van der Waals surface area contributed by atoms with Crippen LogP contribution in [0.25, 0.3) is 0 Å². The van der Waals surface area contributed by atoms with Crippen LogP contribution in [0.4, 0.5) is 0 Å². The average molecular weight is 334 g/mol. The second kappa shape index (κ2) is 5.29. The molecule has 8 nitrogen and oxygen atoms in total. The summed E-state index contributed by atoms with van der Waals surface area (Å²) >= 11 is 0. The fraction of sp³-hybridized carbons (Fsp3) is 0.188. The molecule has 2 aromatic rings. The highest BCUT2D eigenvalue weighted by Gasteiger charge is 2.53. The van der Waals surface area contributed by atoms with Crippen LogP contribution in [0.2, 0.25) is 0 Å². The highest BCUT2D eigenvalue weighted by atomic mass is 16.7. The summed E-state index contributed by atoms with van der Waals surface area (Å²) in [6.45, 7) is 0. The first-order valence-electron chi connectivity index (χ1n) is 6.84. The van der Waals surface area contributed by atoms with E-state index in [-0.39, 0.29) is 22.6 Å². The van der Waals surface area contributed by atoms with Crippen LogP contribution < -0.4 is 4.74 Å². The highest BCUT2D eigenvalue weighted by molar-refractivity contribution is 6.07. The normalized spacial score (nSPS) is 22.8. The second-order valence-electron chi connectivity index (χ2n) is 5.31. The van der Waals surface area contributed by atoms with Crippen LogP contribution in [-0.4, -0.2) is 44.2 Å². The van der Waals surface area contributed by atoms with Crippen molar-refractivity contribution in [3.05, 3.63) is 41.5 Å². The van der Waals surface area contributed by atoms with Crippen LogP contribution in [-0.2, 0) is 4.74 Å². The Balaban J connectivity index is 2.19. The van der Waals surface area contributed by atoms with Crippen LogP contribution in [0.5, 0.6) is 28.7 Å². The number of rotatable bonds is 2. The molecule has 0 saturated carbocycles. The third kappa shape index (κ3) is 2.20. The number of carbonyl (C=O) groups is 1. The summed E-state index contributed by atoms with van der Waals surface area (Å²) in [7, 11) is 1.08. The Hall–Kier alpha value is -2.97. The van der Waals surface area contributed by atoms with Crippen molar-refractivity contribution in [2.45, 2.75) is 11.9 Å². The maximum atomic E-state index is 12.6. The second-order valence-corrected chi connectivity index (χ2v) is 5.31. The van der Waals surface area contributed by atoms with Gasteiger partial charge in [0.2, 0.25) is 5.78 Å². The number of carbonyl (C=O) groups excluding carboxylic acids is 1. The zero-order valence-electron chi connectivity index (χ0n) is 12.4. The van der Waals surface area contributed by atoms with Gasteiger partial charge in [-0.25, -0.2) is 0 Å². The molecule has 0 aliphatic carbocycles. The van der Waals surface area contributed by atoms with Crippen molar-refractivity contribution in [2.75, 3.05) is 7.11 Å². The minimum Gasteiger partial charge on any atom is -0.508 e. The van der Waals surface area contributed by atoms with E-state index in [1.165, 1.54) is 6.07 Å². The lowest BCUT2D eigenvalue weighted by atomic mass is 9.89. The summed E-state index contributed by atoms with van der Waals surface area (Å²) in [4.78, 5) is 12.6. The Kier molecular flexibility index (Phi) is 3.51. The Bertz CT molecular complexity index is 831. The molecule has 2 atom stereocenters. The van der Waals surface area contributed by atoms with Crippen LogP contribution in [0, 0.1) is 0 Å². The Morgan fingerprint density at radius 1 is 1.04 bits per heavy atom. The first-order valence-corrected chi connectivity index (χ1v) is 6.84. The molecule has 2 aromatic carbocycles. The molecule has 126 valence electrons. The number of hydrogen-bond donors (Lipinski definition) is 5. The molecule has 0 fully saturated rings. The van der Waals surface area contributed by atoms with Gasteiger partial charge in [0, 0.05) is 24.8 Å². The van der Waals surface area contributed by atoms with Gasteiger partial charge in [-0.3, -0.25) is 4.79 Å². The van der Waals surface area contributed by atoms with Gasteiger partial charge in [-0.15, -0.1) is 0 Å². The lowest BCUT2D eigenvalue weighted by molar-refractivity contribution is -0.205. The van der Waals surface area contributed by atoms with Crippen molar-refractivity contribution in [3.63, 3.8) is 0 Å². The topological polar surface area (TPSA) is 137 Å². The largest absolute Gasteiger partial charge is 0.508 e.